The molecule has 38 heavy (non-hydrogen) atoms. The Labute approximate surface area is 224 Å². The van der Waals surface area contributed by atoms with Gasteiger partial charge in [-0.05, 0) is 74.9 Å². The third kappa shape index (κ3) is 6.07. The van der Waals surface area contributed by atoms with Gasteiger partial charge in [-0.25, -0.2) is 8.42 Å². The molecule has 2 amide bonds. The molecule has 1 saturated heterocycles. The Bertz CT molecular complexity index is 1280. The quantitative estimate of drug-likeness (QED) is 0.536. The SMILES string of the molecule is CC(=O)Nc1ccc(S(=O)(=O)N2CCc3ccccc3C2CC(=O)OCC(=O)N2C(C)CCCC2C)cc1. The number of hydrogen-bond donors (Lipinski definition) is 1. The van der Waals surface area contributed by atoms with E-state index in [9.17, 15) is 22.8 Å². The first-order chi connectivity index (χ1) is 18.1. The molecule has 3 unspecified atom stereocenters. The van der Waals surface area contributed by atoms with Gasteiger partial charge in [0.15, 0.2) is 6.61 Å². The molecule has 2 heterocycles. The maximum Gasteiger partial charge on any atom is 0.308 e. The fraction of sp³-hybridized carbons (Fsp3) is 0.464. The second kappa shape index (κ2) is 11.7. The molecule has 4 rings (SSSR count). The first-order valence-corrected chi connectivity index (χ1v) is 14.5. The van der Waals surface area contributed by atoms with Gasteiger partial charge in [-0.3, -0.25) is 14.4 Å². The number of anilines is 1. The van der Waals surface area contributed by atoms with Crippen LogP contribution in [0.5, 0.6) is 0 Å². The van der Waals surface area contributed by atoms with E-state index in [0.717, 1.165) is 30.4 Å². The summed E-state index contributed by atoms with van der Waals surface area (Å²) < 4.78 is 34.1. The summed E-state index contributed by atoms with van der Waals surface area (Å²) in [7, 11) is -3.97. The molecule has 10 heteroatoms. The maximum absolute atomic E-state index is 13.7. The molecule has 204 valence electrons. The van der Waals surface area contributed by atoms with Crippen molar-refractivity contribution in [1.29, 1.82) is 0 Å². The van der Waals surface area contributed by atoms with Crippen LogP contribution in [0.25, 0.3) is 0 Å². The van der Waals surface area contributed by atoms with Gasteiger partial charge < -0.3 is 15.0 Å². The number of benzene rings is 2. The second-order valence-corrected chi connectivity index (χ2v) is 12.0. The molecule has 0 radical (unpaired) electrons. The molecule has 3 atom stereocenters. The van der Waals surface area contributed by atoms with Gasteiger partial charge in [0.05, 0.1) is 17.4 Å². The summed E-state index contributed by atoms with van der Waals surface area (Å²) in [5.41, 5.74) is 2.21. The van der Waals surface area contributed by atoms with Crippen molar-refractivity contribution in [3.8, 4) is 0 Å². The van der Waals surface area contributed by atoms with E-state index in [1.807, 2.05) is 38.1 Å². The molecule has 2 aromatic rings. The fourth-order valence-electron chi connectivity index (χ4n) is 5.52. The molecule has 2 aliphatic heterocycles. The number of piperidine rings is 1. The zero-order valence-electron chi connectivity index (χ0n) is 22.1. The Balaban J connectivity index is 1.52. The highest BCUT2D eigenvalue weighted by molar-refractivity contribution is 7.89. The van der Waals surface area contributed by atoms with E-state index in [0.29, 0.717) is 12.1 Å². The standard InChI is InChI=1S/C28H35N3O6S/c1-19-7-6-8-20(2)31(19)27(33)18-37-28(34)17-26-25-10-5-4-9-22(25)15-16-30(26)38(35,36)24-13-11-23(12-14-24)29-21(3)32/h4-5,9-14,19-20,26H,6-8,15-18H2,1-3H3,(H,29,32). The fourth-order valence-corrected chi connectivity index (χ4v) is 7.13. The zero-order chi connectivity index (χ0) is 27.4. The van der Waals surface area contributed by atoms with Crippen LogP contribution in [0.3, 0.4) is 0 Å². The molecule has 0 bridgehead atoms. The van der Waals surface area contributed by atoms with Gasteiger partial charge in [0, 0.05) is 31.2 Å². The Hall–Kier alpha value is -3.24. The Morgan fingerprint density at radius 1 is 1.00 bits per heavy atom. The predicted molar refractivity (Wildman–Crippen MR) is 143 cm³/mol. The highest BCUT2D eigenvalue weighted by atomic mass is 32.2. The number of hydrogen-bond acceptors (Lipinski definition) is 6. The van der Waals surface area contributed by atoms with Crippen molar-refractivity contribution >= 4 is 33.5 Å². The van der Waals surface area contributed by atoms with Crippen molar-refractivity contribution in [1.82, 2.24) is 9.21 Å². The second-order valence-electron chi connectivity index (χ2n) is 10.1. The van der Waals surface area contributed by atoms with Crippen LogP contribution in [0.4, 0.5) is 5.69 Å². The number of nitrogens with one attached hydrogen (secondary N) is 1. The Morgan fingerprint density at radius 2 is 1.66 bits per heavy atom. The number of fused-ring (bicyclic) bond motifs is 1. The van der Waals surface area contributed by atoms with Crippen LogP contribution in [0.1, 0.15) is 63.6 Å². The van der Waals surface area contributed by atoms with Crippen molar-refractivity contribution in [3.63, 3.8) is 0 Å². The number of sulfonamides is 1. The number of carbonyl (C=O) groups is 3. The normalized spacial score (nSPS) is 21.9. The number of likely N-dealkylation sites (tertiary alicyclic amines) is 1. The number of nitrogens with zero attached hydrogens (tertiary/aromatic N) is 2. The minimum atomic E-state index is -3.97. The van der Waals surface area contributed by atoms with Crippen LogP contribution in [0, 0.1) is 0 Å². The van der Waals surface area contributed by atoms with Crippen LogP contribution >= 0.6 is 0 Å². The van der Waals surface area contributed by atoms with Gasteiger partial charge in [-0.15, -0.1) is 0 Å². The van der Waals surface area contributed by atoms with Crippen LogP contribution < -0.4 is 5.32 Å². The predicted octanol–water partition coefficient (Wildman–Crippen LogP) is 3.66. The van der Waals surface area contributed by atoms with Crippen molar-refractivity contribution in [3.05, 3.63) is 59.7 Å². The van der Waals surface area contributed by atoms with Crippen molar-refractivity contribution in [2.45, 2.75) is 75.9 Å². The molecule has 2 aromatic carbocycles. The summed E-state index contributed by atoms with van der Waals surface area (Å²) in [5.74, 6) is -1.11. The summed E-state index contributed by atoms with van der Waals surface area (Å²) in [6.07, 6.45) is 3.20. The van der Waals surface area contributed by atoms with E-state index in [1.165, 1.54) is 35.5 Å². The van der Waals surface area contributed by atoms with E-state index < -0.39 is 22.0 Å². The maximum atomic E-state index is 13.7. The summed E-state index contributed by atoms with van der Waals surface area (Å²) in [4.78, 5) is 39.0. The Kier molecular flexibility index (Phi) is 8.52. The minimum Gasteiger partial charge on any atom is -0.456 e. The highest BCUT2D eigenvalue weighted by Crippen LogP contribution is 2.37. The van der Waals surface area contributed by atoms with Gasteiger partial charge in [0.25, 0.3) is 5.91 Å². The number of carbonyl (C=O) groups excluding carboxylic acids is 3. The monoisotopic (exact) mass is 541 g/mol. The van der Waals surface area contributed by atoms with Crippen LogP contribution in [0.15, 0.2) is 53.4 Å². The zero-order valence-corrected chi connectivity index (χ0v) is 22.9. The molecule has 9 nitrogen and oxygen atoms in total. The third-order valence-electron chi connectivity index (χ3n) is 7.34. The lowest BCUT2D eigenvalue weighted by Gasteiger charge is -2.39. The molecule has 0 aromatic heterocycles. The average Bonchev–Trinajstić information content (AvgIpc) is 2.87. The van der Waals surface area contributed by atoms with Crippen LogP contribution in [-0.2, 0) is 35.6 Å². The molecule has 1 N–H and O–H groups in total. The lowest BCUT2D eigenvalue weighted by atomic mass is 9.92. The lowest BCUT2D eigenvalue weighted by molar-refractivity contribution is -0.155. The highest BCUT2D eigenvalue weighted by Gasteiger charge is 2.38. The Morgan fingerprint density at radius 3 is 2.32 bits per heavy atom. The van der Waals surface area contributed by atoms with E-state index in [2.05, 4.69) is 5.32 Å². The lowest BCUT2D eigenvalue weighted by Crippen LogP contribution is -2.49. The molecule has 2 aliphatic rings. The number of rotatable bonds is 7. The summed E-state index contributed by atoms with van der Waals surface area (Å²) in [6, 6.07) is 12.8. The van der Waals surface area contributed by atoms with E-state index in [1.54, 1.807) is 4.90 Å². The summed E-state index contributed by atoms with van der Waals surface area (Å²) in [5, 5.41) is 2.62. The van der Waals surface area contributed by atoms with Gasteiger partial charge in [0.1, 0.15) is 0 Å². The summed E-state index contributed by atoms with van der Waals surface area (Å²) >= 11 is 0. The van der Waals surface area contributed by atoms with Crippen LogP contribution in [0.2, 0.25) is 0 Å². The van der Waals surface area contributed by atoms with Crippen LogP contribution in [-0.4, -0.2) is 60.6 Å². The first kappa shape index (κ1) is 27.8. The first-order valence-electron chi connectivity index (χ1n) is 13.0. The number of amides is 2. The van der Waals surface area contributed by atoms with Crippen molar-refractivity contribution < 1.29 is 27.5 Å². The molecule has 0 aliphatic carbocycles. The number of ether oxygens (including phenoxy) is 1. The molecule has 0 saturated carbocycles. The van der Waals surface area contributed by atoms with Crippen molar-refractivity contribution in [2.75, 3.05) is 18.5 Å². The summed E-state index contributed by atoms with van der Waals surface area (Å²) in [6.45, 7) is 5.21. The molecular weight excluding hydrogens is 506 g/mol. The van der Waals surface area contributed by atoms with Gasteiger partial charge in [0.2, 0.25) is 15.9 Å². The van der Waals surface area contributed by atoms with Gasteiger partial charge in [-0.2, -0.15) is 4.31 Å². The topological polar surface area (TPSA) is 113 Å². The van der Waals surface area contributed by atoms with Crippen molar-refractivity contribution in [2.24, 2.45) is 0 Å². The molecular formula is C28H35N3O6S. The molecule has 1 fully saturated rings. The largest absolute Gasteiger partial charge is 0.456 e. The third-order valence-corrected chi connectivity index (χ3v) is 9.27. The van der Waals surface area contributed by atoms with E-state index in [4.69, 9.17) is 4.74 Å². The number of esters is 1. The van der Waals surface area contributed by atoms with E-state index in [-0.39, 0.29) is 48.4 Å². The van der Waals surface area contributed by atoms with E-state index >= 15 is 0 Å². The molecule has 0 spiro atoms. The van der Waals surface area contributed by atoms with Gasteiger partial charge in [-0.1, -0.05) is 24.3 Å². The average molecular weight is 542 g/mol. The minimum absolute atomic E-state index is 0.0626. The van der Waals surface area contributed by atoms with Gasteiger partial charge >= 0.3 is 5.97 Å². The smallest absolute Gasteiger partial charge is 0.308 e.